The molecule has 0 radical (unpaired) electrons. The summed E-state index contributed by atoms with van der Waals surface area (Å²) in [5.41, 5.74) is -0.805. The lowest BCUT2D eigenvalue weighted by molar-refractivity contribution is -0.126. The molecular weight excluding hydrogens is 190 g/mol. The van der Waals surface area contributed by atoms with Gasteiger partial charge in [-0.05, 0) is 26.7 Å². The maximum Gasteiger partial charge on any atom is 0.223 e. The molecule has 1 aliphatic rings. The summed E-state index contributed by atoms with van der Waals surface area (Å²) in [5, 5.41) is 12.3. The fraction of sp³-hybridized carbons (Fsp3) is 0.917. The van der Waals surface area contributed by atoms with Gasteiger partial charge in [0.15, 0.2) is 0 Å². The Labute approximate surface area is 92.3 Å². The molecule has 0 heterocycles. The molecule has 0 unspecified atom stereocenters. The van der Waals surface area contributed by atoms with E-state index in [1.54, 1.807) is 13.8 Å². The van der Waals surface area contributed by atoms with Crippen LogP contribution in [0.1, 0.15) is 52.4 Å². The van der Waals surface area contributed by atoms with E-state index in [1.807, 2.05) is 0 Å². The first-order chi connectivity index (χ1) is 6.99. The Morgan fingerprint density at radius 2 is 1.80 bits per heavy atom. The molecule has 0 spiro atoms. The average molecular weight is 213 g/mol. The van der Waals surface area contributed by atoms with Crippen LogP contribution in [-0.4, -0.2) is 23.2 Å². The molecule has 0 aromatic heterocycles. The molecule has 1 fully saturated rings. The highest BCUT2D eigenvalue weighted by Crippen LogP contribution is 2.22. The summed E-state index contributed by atoms with van der Waals surface area (Å²) in [6.45, 7) is 3.77. The highest BCUT2D eigenvalue weighted by Gasteiger charge is 2.21. The fourth-order valence-electron chi connectivity index (χ4n) is 1.99. The Bertz CT molecular complexity index is 200. The number of hydrogen-bond donors (Lipinski definition) is 2. The monoisotopic (exact) mass is 213 g/mol. The Kier molecular flexibility index (Phi) is 4.58. The van der Waals surface area contributed by atoms with Crippen molar-refractivity contribution >= 4 is 5.91 Å². The highest BCUT2D eigenvalue weighted by molar-refractivity contribution is 5.78. The summed E-state index contributed by atoms with van der Waals surface area (Å²) in [6.07, 6.45) is 6.88. The lowest BCUT2D eigenvalue weighted by atomic mass is 9.99. The summed E-state index contributed by atoms with van der Waals surface area (Å²) >= 11 is 0. The van der Waals surface area contributed by atoms with Gasteiger partial charge in [0.25, 0.3) is 0 Å². The summed E-state index contributed by atoms with van der Waals surface area (Å²) in [5.74, 6) is 0.300. The molecule has 1 saturated carbocycles. The van der Waals surface area contributed by atoms with E-state index in [0.717, 1.165) is 12.8 Å². The van der Waals surface area contributed by atoms with Gasteiger partial charge < -0.3 is 10.4 Å². The van der Waals surface area contributed by atoms with Crippen LogP contribution in [-0.2, 0) is 4.79 Å². The van der Waals surface area contributed by atoms with E-state index in [4.69, 9.17) is 0 Å². The summed E-state index contributed by atoms with van der Waals surface area (Å²) < 4.78 is 0. The van der Waals surface area contributed by atoms with Crippen molar-refractivity contribution in [1.29, 1.82) is 0 Å². The van der Waals surface area contributed by atoms with E-state index in [-0.39, 0.29) is 11.8 Å². The van der Waals surface area contributed by atoms with E-state index in [9.17, 15) is 9.90 Å². The van der Waals surface area contributed by atoms with Gasteiger partial charge in [-0.2, -0.15) is 0 Å². The van der Waals surface area contributed by atoms with Crippen molar-refractivity contribution in [2.75, 3.05) is 6.54 Å². The molecule has 0 aromatic carbocycles. The Hall–Kier alpha value is -0.570. The van der Waals surface area contributed by atoms with Gasteiger partial charge in [-0.3, -0.25) is 4.79 Å². The molecule has 15 heavy (non-hydrogen) atoms. The highest BCUT2D eigenvalue weighted by atomic mass is 16.3. The van der Waals surface area contributed by atoms with E-state index >= 15 is 0 Å². The number of aliphatic hydroxyl groups is 1. The third-order valence-corrected chi connectivity index (χ3v) is 2.92. The van der Waals surface area contributed by atoms with Gasteiger partial charge >= 0.3 is 0 Å². The Morgan fingerprint density at radius 1 is 1.27 bits per heavy atom. The number of carbonyl (C=O) groups excluding carboxylic acids is 1. The Balaban J connectivity index is 2.32. The Morgan fingerprint density at radius 3 is 2.27 bits per heavy atom. The summed E-state index contributed by atoms with van der Waals surface area (Å²) in [7, 11) is 0. The van der Waals surface area contributed by atoms with Crippen LogP contribution < -0.4 is 5.32 Å². The minimum Gasteiger partial charge on any atom is -0.389 e. The standard InChI is InChI=1S/C12H23NO2/c1-12(2,15)9-13-11(14)10-7-5-3-4-6-8-10/h10,15H,3-9H2,1-2H3,(H,13,14). The van der Waals surface area contributed by atoms with Gasteiger partial charge in [-0.15, -0.1) is 0 Å². The van der Waals surface area contributed by atoms with Crippen molar-refractivity contribution in [3.05, 3.63) is 0 Å². The molecule has 3 nitrogen and oxygen atoms in total. The van der Waals surface area contributed by atoms with Crippen LogP contribution in [0, 0.1) is 5.92 Å². The predicted molar refractivity (Wildman–Crippen MR) is 60.5 cm³/mol. The molecular formula is C12H23NO2. The minimum atomic E-state index is -0.805. The van der Waals surface area contributed by atoms with Crippen LogP contribution in [0.25, 0.3) is 0 Å². The van der Waals surface area contributed by atoms with Crippen molar-refractivity contribution in [2.45, 2.75) is 58.0 Å². The van der Waals surface area contributed by atoms with Crippen molar-refractivity contribution in [2.24, 2.45) is 5.92 Å². The molecule has 3 heteroatoms. The second-order valence-corrected chi connectivity index (χ2v) is 5.22. The van der Waals surface area contributed by atoms with Crippen LogP contribution >= 0.6 is 0 Å². The maximum absolute atomic E-state index is 11.8. The van der Waals surface area contributed by atoms with E-state index in [1.165, 1.54) is 25.7 Å². The van der Waals surface area contributed by atoms with Crippen molar-refractivity contribution < 1.29 is 9.90 Å². The summed E-state index contributed by atoms with van der Waals surface area (Å²) in [4.78, 5) is 11.8. The zero-order valence-corrected chi connectivity index (χ0v) is 9.88. The third kappa shape index (κ3) is 5.17. The SMILES string of the molecule is CC(C)(O)CNC(=O)C1CCCCCC1. The van der Waals surface area contributed by atoms with Gasteiger partial charge in [0.2, 0.25) is 5.91 Å². The van der Waals surface area contributed by atoms with E-state index in [0.29, 0.717) is 6.54 Å². The average Bonchev–Trinajstić information content (AvgIpc) is 2.41. The lowest BCUT2D eigenvalue weighted by Gasteiger charge is -2.20. The molecule has 1 aliphatic carbocycles. The van der Waals surface area contributed by atoms with Crippen molar-refractivity contribution in [3.8, 4) is 0 Å². The quantitative estimate of drug-likeness (QED) is 0.703. The fourth-order valence-corrected chi connectivity index (χ4v) is 1.99. The molecule has 0 aromatic rings. The number of rotatable bonds is 3. The smallest absolute Gasteiger partial charge is 0.223 e. The molecule has 88 valence electrons. The van der Waals surface area contributed by atoms with Gasteiger partial charge in [-0.1, -0.05) is 25.7 Å². The zero-order chi connectivity index (χ0) is 11.3. The second-order valence-electron chi connectivity index (χ2n) is 5.22. The first-order valence-corrected chi connectivity index (χ1v) is 5.99. The number of hydrogen-bond acceptors (Lipinski definition) is 2. The van der Waals surface area contributed by atoms with Gasteiger partial charge in [0.1, 0.15) is 0 Å². The molecule has 2 N–H and O–H groups in total. The number of carbonyl (C=O) groups is 1. The molecule has 1 rings (SSSR count). The van der Waals surface area contributed by atoms with Crippen molar-refractivity contribution in [3.63, 3.8) is 0 Å². The lowest BCUT2D eigenvalue weighted by Crippen LogP contribution is -2.40. The summed E-state index contributed by atoms with van der Waals surface area (Å²) in [6, 6.07) is 0. The van der Waals surface area contributed by atoms with Crippen molar-refractivity contribution in [1.82, 2.24) is 5.32 Å². The predicted octanol–water partition coefficient (Wildman–Crippen LogP) is 1.84. The van der Waals surface area contributed by atoms with E-state index in [2.05, 4.69) is 5.32 Å². The first-order valence-electron chi connectivity index (χ1n) is 5.99. The molecule has 0 bridgehead atoms. The molecule has 0 aliphatic heterocycles. The second kappa shape index (κ2) is 5.50. The molecule has 0 saturated heterocycles. The minimum absolute atomic E-state index is 0.124. The largest absolute Gasteiger partial charge is 0.389 e. The molecule has 1 amide bonds. The van der Waals surface area contributed by atoms with E-state index < -0.39 is 5.60 Å². The van der Waals surface area contributed by atoms with Gasteiger partial charge in [-0.25, -0.2) is 0 Å². The number of amides is 1. The van der Waals surface area contributed by atoms with Crippen LogP contribution in [0.5, 0.6) is 0 Å². The molecule has 0 atom stereocenters. The van der Waals surface area contributed by atoms with Crippen LogP contribution in [0.15, 0.2) is 0 Å². The topological polar surface area (TPSA) is 49.3 Å². The maximum atomic E-state index is 11.8. The van der Waals surface area contributed by atoms with Crippen LogP contribution in [0.2, 0.25) is 0 Å². The number of nitrogens with one attached hydrogen (secondary N) is 1. The zero-order valence-electron chi connectivity index (χ0n) is 9.88. The first kappa shape index (κ1) is 12.5. The van der Waals surface area contributed by atoms with Crippen LogP contribution in [0.4, 0.5) is 0 Å². The van der Waals surface area contributed by atoms with Gasteiger partial charge in [0.05, 0.1) is 5.60 Å². The van der Waals surface area contributed by atoms with Crippen LogP contribution in [0.3, 0.4) is 0 Å². The van der Waals surface area contributed by atoms with Gasteiger partial charge in [0, 0.05) is 12.5 Å². The third-order valence-electron chi connectivity index (χ3n) is 2.92. The normalized spacial score (nSPS) is 19.7.